The summed E-state index contributed by atoms with van der Waals surface area (Å²) in [6.45, 7) is 6.45. The highest BCUT2D eigenvalue weighted by molar-refractivity contribution is 5.71. The molecule has 0 aliphatic rings. The van der Waals surface area contributed by atoms with Gasteiger partial charge in [-0.15, -0.1) is 0 Å². The molecule has 0 amide bonds. The molecule has 0 bridgehead atoms. The van der Waals surface area contributed by atoms with Crippen LogP contribution in [0.4, 0.5) is 0 Å². The van der Waals surface area contributed by atoms with Crippen molar-refractivity contribution in [1.82, 2.24) is 0 Å². The van der Waals surface area contributed by atoms with Crippen molar-refractivity contribution in [2.75, 3.05) is 13.2 Å². The average molecular weight is 905 g/mol. The number of rotatable bonds is 48. The van der Waals surface area contributed by atoms with Gasteiger partial charge >= 0.3 is 17.9 Å². The normalized spacial score (nSPS) is 12.7. The van der Waals surface area contributed by atoms with E-state index in [1.165, 1.54) is 103 Å². The largest absolute Gasteiger partial charge is 0.462 e. The zero-order chi connectivity index (χ0) is 47.2. The van der Waals surface area contributed by atoms with Crippen LogP contribution in [0.3, 0.4) is 0 Å². The highest BCUT2D eigenvalue weighted by Crippen LogP contribution is 2.14. The van der Waals surface area contributed by atoms with Crippen molar-refractivity contribution in [3.8, 4) is 0 Å². The van der Waals surface area contributed by atoms with Crippen LogP contribution in [0.1, 0.15) is 252 Å². The van der Waals surface area contributed by atoms with Crippen LogP contribution in [0.2, 0.25) is 0 Å². The summed E-state index contributed by atoms with van der Waals surface area (Å²) in [5.41, 5.74) is 0. The van der Waals surface area contributed by atoms with Crippen LogP contribution in [0.15, 0.2) is 85.1 Å². The van der Waals surface area contributed by atoms with Crippen molar-refractivity contribution in [3.63, 3.8) is 0 Å². The maximum Gasteiger partial charge on any atom is 0.306 e. The standard InChI is InChI=1S/C59H100O6/c1-4-7-10-13-16-19-22-25-28-29-32-34-37-40-43-46-49-52-58(61)64-55-56(65-59(62)53-50-47-44-41-38-35-31-27-24-21-18-15-12-9-6-3)54-63-57(60)51-48-45-42-39-36-33-30-26-23-20-17-14-11-8-5-2/h9,12,17-18,20-21,25-28,30-31,38,41,56H,4-8,10-11,13-16,19,22-24,29,32-37,39-40,42-55H2,1-3H3/b12-9-,20-17-,21-18-,28-25-,30-26-,31-27-,41-38-. The Morgan fingerprint density at radius 2 is 0.600 bits per heavy atom. The second-order valence-corrected chi connectivity index (χ2v) is 17.7. The summed E-state index contributed by atoms with van der Waals surface area (Å²) in [5.74, 6) is -0.959. The van der Waals surface area contributed by atoms with Crippen LogP contribution < -0.4 is 0 Å². The Labute approximate surface area is 401 Å². The lowest BCUT2D eigenvalue weighted by molar-refractivity contribution is -0.167. The number of hydrogen-bond donors (Lipinski definition) is 0. The summed E-state index contributed by atoms with van der Waals surface area (Å²) in [6.07, 6.45) is 68.5. The molecule has 0 aliphatic heterocycles. The number of ether oxygens (including phenoxy) is 3. The molecule has 0 aromatic heterocycles. The molecule has 1 atom stereocenters. The summed E-state index contributed by atoms with van der Waals surface area (Å²) in [7, 11) is 0. The molecule has 6 heteroatoms. The van der Waals surface area contributed by atoms with Crippen LogP contribution in [0.25, 0.3) is 0 Å². The second kappa shape index (κ2) is 53.2. The van der Waals surface area contributed by atoms with Crippen molar-refractivity contribution >= 4 is 17.9 Å². The predicted molar refractivity (Wildman–Crippen MR) is 279 cm³/mol. The molecule has 0 aliphatic carbocycles. The molecule has 0 aromatic rings. The van der Waals surface area contributed by atoms with Gasteiger partial charge in [0.05, 0.1) is 0 Å². The average Bonchev–Trinajstić information content (AvgIpc) is 3.30. The van der Waals surface area contributed by atoms with Crippen LogP contribution in [0.5, 0.6) is 0 Å². The third-order valence-electron chi connectivity index (χ3n) is 11.4. The Hall–Kier alpha value is -3.41. The van der Waals surface area contributed by atoms with Gasteiger partial charge in [0.1, 0.15) is 13.2 Å². The predicted octanol–water partition coefficient (Wildman–Crippen LogP) is 18.0. The van der Waals surface area contributed by atoms with E-state index in [1.807, 2.05) is 0 Å². The van der Waals surface area contributed by atoms with Gasteiger partial charge in [-0.05, 0) is 116 Å². The fourth-order valence-corrected chi connectivity index (χ4v) is 7.28. The summed E-state index contributed by atoms with van der Waals surface area (Å²) >= 11 is 0. The Balaban J connectivity index is 4.47. The Morgan fingerprint density at radius 3 is 1.02 bits per heavy atom. The monoisotopic (exact) mass is 905 g/mol. The minimum atomic E-state index is -0.806. The SMILES string of the molecule is CC/C=C\C/C=C\C/C=C\C/C=C\CCCCC(=O)OC(COC(=O)CCCCCCC/C=C\C/C=C\CCCCC)COC(=O)CCCCCCCCC/C=C\CCCCCCCC. The smallest absolute Gasteiger partial charge is 0.306 e. The number of hydrogen-bond acceptors (Lipinski definition) is 6. The molecular formula is C59H100O6. The molecule has 0 spiro atoms. The van der Waals surface area contributed by atoms with Crippen molar-refractivity contribution in [1.29, 1.82) is 0 Å². The van der Waals surface area contributed by atoms with E-state index in [4.69, 9.17) is 14.2 Å². The van der Waals surface area contributed by atoms with Crippen molar-refractivity contribution < 1.29 is 28.6 Å². The molecule has 372 valence electrons. The fourth-order valence-electron chi connectivity index (χ4n) is 7.28. The first kappa shape index (κ1) is 61.6. The third-order valence-corrected chi connectivity index (χ3v) is 11.4. The van der Waals surface area contributed by atoms with Gasteiger partial charge < -0.3 is 14.2 Å². The van der Waals surface area contributed by atoms with Gasteiger partial charge in [0.2, 0.25) is 0 Å². The lowest BCUT2D eigenvalue weighted by Gasteiger charge is -2.18. The van der Waals surface area contributed by atoms with E-state index in [1.54, 1.807) is 0 Å². The Kier molecular flexibility index (Phi) is 50.4. The molecule has 0 saturated heterocycles. The lowest BCUT2D eigenvalue weighted by Crippen LogP contribution is -2.30. The molecule has 0 rings (SSSR count). The van der Waals surface area contributed by atoms with Gasteiger partial charge in [0, 0.05) is 19.3 Å². The minimum Gasteiger partial charge on any atom is -0.462 e. The zero-order valence-corrected chi connectivity index (χ0v) is 42.5. The first-order valence-electron chi connectivity index (χ1n) is 27.1. The van der Waals surface area contributed by atoms with Gasteiger partial charge in [0.15, 0.2) is 6.10 Å². The van der Waals surface area contributed by atoms with Gasteiger partial charge in [-0.2, -0.15) is 0 Å². The van der Waals surface area contributed by atoms with E-state index >= 15 is 0 Å². The molecule has 65 heavy (non-hydrogen) atoms. The van der Waals surface area contributed by atoms with Gasteiger partial charge in [-0.3, -0.25) is 14.4 Å². The Bertz CT molecular complexity index is 1270. The van der Waals surface area contributed by atoms with E-state index in [-0.39, 0.29) is 37.5 Å². The van der Waals surface area contributed by atoms with Crippen molar-refractivity contribution in [2.24, 2.45) is 0 Å². The zero-order valence-electron chi connectivity index (χ0n) is 42.5. The first-order valence-corrected chi connectivity index (χ1v) is 27.1. The summed E-state index contributed by atoms with van der Waals surface area (Å²) < 4.78 is 16.8. The molecule has 1 unspecified atom stereocenters. The summed E-state index contributed by atoms with van der Waals surface area (Å²) in [5, 5.41) is 0. The van der Waals surface area contributed by atoms with Gasteiger partial charge in [0.25, 0.3) is 0 Å². The topological polar surface area (TPSA) is 78.9 Å². The Morgan fingerprint density at radius 1 is 0.323 bits per heavy atom. The highest BCUT2D eigenvalue weighted by atomic mass is 16.6. The molecule has 6 nitrogen and oxygen atoms in total. The van der Waals surface area contributed by atoms with Crippen LogP contribution in [-0.4, -0.2) is 37.2 Å². The van der Waals surface area contributed by atoms with E-state index in [9.17, 15) is 14.4 Å². The molecular weight excluding hydrogens is 805 g/mol. The number of allylic oxidation sites excluding steroid dienone is 14. The molecule has 0 radical (unpaired) electrons. The molecule has 0 fully saturated rings. The van der Waals surface area contributed by atoms with E-state index in [0.717, 1.165) is 103 Å². The molecule has 0 aromatic carbocycles. The van der Waals surface area contributed by atoms with Gasteiger partial charge in [-0.25, -0.2) is 0 Å². The second-order valence-electron chi connectivity index (χ2n) is 17.7. The van der Waals surface area contributed by atoms with Crippen LogP contribution in [-0.2, 0) is 28.6 Å². The summed E-state index contributed by atoms with van der Waals surface area (Å²) in [6, 6.07) is 0. The number of carbonyl (C=O) groups excluding carboxylic acids is 3. The maximum absolute atomic E-state index is 12.8. The van der Waals surface area contributed by atoms with Gasteiger partial charge in [-0.1, -0.05) is 202 Å². The third kappa shape index (κ3) is 51.4. The maximum atomic E-state index is 12.8. The molecule has 0 N–H and O–H groups in total. The quantitative estimate of drug-likeness (QED) is 0.0262. The van der Waals surface area contributed by atoms with E-state index in [0.29, 0.717) is 19.3 Å². The van der Waals surface area contributed by atoms with Crippen molar-refractivity contribution in [3.05, 3.63) is 85.1 Å². The molecule has 0 heterocycles. The number of esters is 3. The van der Waals surface area contributed by atoms with Crippen LogP contribution >= 0.6 is 0 Å². The highest BCUT2D eigenvalue weighted by Gasteiger charge is 2.19. The van der Waals surface area contributed by atoms with Crippen molar-refractivity contribution in [2.45, 2.75) is 258 Å². The van der Waals surface area contributed by atoms with Crippen LogP contribution in [0, 0.1) is 0 Å². The summed E-state index contributed by atoms with van der Waals surface area (Å²) in [4.78, 5) is 38.0. The lowest BCUT2D eigenvalue weighted by atomic mass is 10.1. The fraction of sp³-hybridized carbons (Fsp3) is 0.712. The first-order chi connectivity index (χ1) is 32.0. The van der Waals surface area contributed by atoms with E-state index < -0.39 is 6.10 Å². The molecule has 0 saturated carbocycles. The minimum absolute atomic E-state index is 0.100. The number of unbranched alkanes of at least 4 members (excludes halogenated alkanes) is 23. The van der Waals surface area contributed by atoms with E-state index in [2.05, 4.69) is 106 Å². The number of carbonyl (C=O) groups is 3.